The lowest BCUT2D eigenvalue weighted by Gasteiger charge is -2.14. The fraction of sp³-hybridized carbons (Fsp3) is 0.261. The van der Waals surface area contributed by atoms with Gasteiger partial charge in [0.25, 0.3) is 0 Å². The first-order valence-electron chi connectivity index (χ1n) is 9.37. The molecule has 2 N–H and O–H groups in total. The first kappa shape index (κ1) is 19.5. The van der Waals surface area contributed by atoms with Crippen LogP contribution in [0.15, 0.2) is 65.7 Å². The van der Waals surface area contributed by atoms with Crippen LogP contribution in [0.2, 0.25) is 0 Å². The Morgan fingerprint density at radius 2 is 1.68 bits per heavy atom. The van der Waals surface area contributed by atoms with Crippen molar-refractivity contribution in [3.8, 4) is 11.5 Å². The van der Waals surface area contributed by atoms with Crippen molar-refractivity contribution in [1.29, 1.82) is 0 Å². The second-order valence-corrected chi connectivity index (χ2v) is 6.43. The molecule has 5 nitrogen and oxygen atoms in total. The van der Waals surface area contributed by atoms with Crippen molar-refractivity contribution in [3.05, 3.63) is 71.8 Å². The number of hydrogen-bond acceptors (Lipinski definition) is 3. The molecule has 0 aliphatic carbocycles. The summed E-state index contributed by atoms with van der Waals surface area (Å²) in [4.78, 5) is 4.31. The van der Waals surface area contributed by atoms with E-state index in [2.05, 4.69) is 58.1 Å². The van der Waals surface area contributed by atoms with Gasteiger partial charge < -0.3 is 20.1 Å². The largest absolute Gasteiger partial charge is 0.493 e. The Hall–Kier alpha value is -3.21. The van der Waals surface area contributed by atoms with E-state index in [9.17, 15) is 0 Å². The molecular formula is C23H27N3O2. The summed E-state index contributed by atoms with van der Waals surface area (Å²) in [6, 6.07) is 20.8. The Kier molecular flexibility index (Phi) is 6.73. The van der Waals surface area contributed by atoms with Crippen LogP contribution < -0.4 is 20.1 Å². The second kappa shape index (κ2) is 9.65. The van der Waals surface area contributed by atoms with Crippen molar-refractivity contribution in [2.24, 2.45) is 4.99 Å². The molecule has 0 aromatic heterocycles. The van der Waals surface area contributed by atoms with E-state index in [1.54, 1.807) is 21.3 Å². The third kappa shape index (κ3) is 4.74. The van der Waals surface area contributed by atoms with Gasteiger partial charge in [-0.05, 0) is 40.5 Å². The SMILES string of the molecule is CN=C(NCCc1cccc2ccccc12)NCc1ccc(OC)c(OC)c1. The van der Waals surface area contributed by atoms with Gasteiger partial charge in [-0.3, -0.25) is 4.99 Å². The quantitative estimate of drug-likeness (QED) is 0.486. The molecule has 0 saturated heterocycles. The van der Waals surface area contributed by atoms with Crippen molar-refractivity contribution in [2.75, 3.05) is 27.8 Å². The zero-order valence-electron chi connectivity index (χ0n) is 16.7. The Morgan fingerprint density at radius 1 is 0.893 bits per heavy atom. The summed E-state index contributed by atoms with van der Waals surface area (Å²) in [5.74, 6) is 2.22. The lowest BCUT2D eigenvalue weighted by atomic mass is 10.0. The molecular weight excluding hydrogens is 350 g/mol. The smallest absolute Gasteiger partial charge is 0.191 e. The van der Waals surface area contributed by atoms with Crippen LogP contribution in [0.4, 0.5) is 0 Å². The van der Waals surface area contributed by atoms with Crippen molar-refractivity contribution in [2.45, 2.75) is 13.0 Å². The van der Waals surface area contributed by atoms with Crippen LogP contribution >= 0.6 is 0 Å². The molecule has 0 unspecified atom stereocenters. The van der Waals surface area contributed by atoms with E-state index in [1.165, 1.54) is 16.3 Å². The van der Waals surface area contributed by atoms with Gasteiger partial charge in [-0.2, -0.15) is 0 Å². The average molecular weight is 377 g/mol. The van der Waals surface area contributed by atoms with E-state index in [1.807, 2.05) is 18.2 Å². The number of nitrogens with one attached hydrogen (secondary N) is 2. The molecule has 0 aliphatic rings. The molecule has 5 heteroatoms. The monoisotopic (exact) mass is 377 g/mol. The van der Waals surface area contributed by atoms with Crippen molar-refractivity contribution >= 4 is 16.7 Å². The lowest BCUT2D eigenvalue weighted by molar-refractivity contribution is 0.354. The average Bonchev–Trinajstić information content (AvgIpc) is 2.75. The molecule has 0 radical (unpaired) electrons. The fourth-order valence-electron chi connectivity index (χ4n) is 3.22. The number of methoxy groups -OCH3 is 2. The van der Waals surface area contributed by atoms with Gasteiger partial charge in [0.15, 0.2) is 17.5 Å². The maximum atomic E-state index is 5.36. The Labute approximate surface area is 166 Å². The zero-order valence-corrected chi connectivity index (χ0v) is 16.7. The highest BCUT2D eigenvalue weighted by Crippen LogP contribution is 2.27. The summed E-state index contributed by atoms with van der Waals surface area (Å²) in [5, 5.41) is 9.31. The molecule has 0 atom stereocenters. The Balaban J connectivity index is 1.55. The Morgan fingerprint density at radius 3 is 2.46 bits per heavy atom. The van der Waals surface area contributed by atoms with Crippen molar-refractivity contribution < 1.29 is 9.47 Å². The van der Waals surface area contributed by atoms with Crippen LogP contribution in [0, 0.1) is 0 Å². The van der Waals surface area contributed by atoms with Gasteiger partial charge in [-0.25, -0.2) is 0 Å². The van der Waals surface area contributed by atoms with Gasteiger partial charge in [0, 0.05) is 20.1 Å². The number of rotatable bonds is 7. The summed E-state index contributed by atoms with van der Waals surface area (Å²) in [7, 11) is 5.06. The second-order valence-electron chi connectivity index (χ2n) is 6.43. The highest BCUT2D eigenvalue weighted by Gasteiger charge is 2.06. The molecule has 3 aromatic rings. The van der Waals surface area contributed by atoms with E-state index in [4.69, 9.17) is 9.47 Å². The van der Waals surface area contributed by atoms with E-state index in [0.29, 0.717) is 6.54 Å². The Bertz CT molecular complexity index is 948. The summed E-state index contributed by atoms with van der Waals surface area (Å²) < 4.78 is 10.6. The first-order valence-corrected chi connectivity index (χ1v) is 9.37. The molecule has 0 heterocycles. The molecule has 3 aromatic carbocycles. The normalized spacial score (nSPS) is 11.3. The van der Waals surface area contributed by atoms with Crippen LogP contribution in [0.1, 0.15) is 11.1 Å². The lowest BCUT2D eigenvalue weighted by Crippen LogP contribution is -2.37. The number of fused-ring (bicyclic) bond motifs is 1. The van der Waals surface area contributed by atoms with Crippen LogP contribution in [-0.2, 0) is 13.0 Å². The van der Waals surface area contributed by atoms with Crippen LogP contribution in [0.25, 0.3) is 10.8 Å². The molecule has 3 rings (SSSR count). The van der Waals surface area contributed by atoms with E-state index >= 15 is 0 Å². The molecule has 146 valence electrons. The molecule has 0 saturated carbocycles. The first-order chi connectivity index (χ1) is 13.7. The maximum absolute atomic E-state index is 5.36. The number of ether oxygens (including phenoxy) is 2. The molecule has 0 fully saturated rings. The molecule has 0 bridgehead atoms. The molecule has 0 spiro atoms. The van der Waals surface area contributed by atoms with Crippen LogP contribution in [0.5, 0.6) is 11.5 Å². The summed E-state index contributed by atoms with van der Waals surface area (Å²) in [6.45, 7) is 1.45. The summed E-state index contributed by atoms with van der Waals surface area (Å²) >= 11 is 0. The molecule has 0 aliphatic heterocycles. The number of hydrogen-bond donors (Lipinski definition) is 2. The fourth-order valence-corrected chi connectivity index (χ4v) is 3.22. The van der Waals surface area contributed by atoms with Gasteiger partial charge in [0.05, 0.1) is 14.2 Å². The minimum Gasteiger partial charge on any atom is -0.493 e. The van der Waals surface area contributed by atoms with Gasteiger partial charge in [0.1, 0.15) is 0 Å². The minimum absolute atomic E-state index is 0.647. The van der Waals surface area contributed by atoms with E-state index in [0.717, 1.165) is 36.0 Å². The highest BCUT2D eigenvalue weighted by atomic mass is 16.5. The topological polar surface area (TPSA) is 54.9 Å². The van der Waals surface area contributed by atoms with E-state index < -0.39 is 0 Å². The summed E-state index contributed by atoms with van der Waals surface area (Å²) in [5.41, 5.74) is 2.43. The predicted molar refractivity (Wildman–Crippen MR) is 115 cm³/mol. The van der Waals surface area contributed by atoms with Gasteiger partial charge >= 0.3 is 0 Å². The minimum atomic E-state index is 0.647. The van der Waals surface area contributed by atoms with Gasteiger partial charge in [-0.1, -0.05) is 48.5 Å². The number of guanidine groups is 1. The van der Waals surface area contributed by atoms with E-state index in [-0.39, 0.29) is 0 Å². The summed E-state index contributed by atoms with van der Waals surface area (Å²) in [6.07, 6.45) is 0.929. The highest BCUT2D eigenvalue weighted by molar-refractivity contribution is 5.85. The number of aliphatic imine (C=N–C) groups is 1. The molecule has 28 heavy (non-hydrogen) atoms. The van der Waals surface area contributed by atoms with Gasteiger partial charge in [0.2, 0.25) is 0 Å². The van der Waals surface area contributed by atoms with Gasteiger partial charge in [-0.15, -0.1) is 0 Å². The third-order valence-electron chi connectivity index (χ3n) is 4.70. The van der Waals surface area contributed by atoms with Crippen molar-refractivity contribution in [3.63, 3.8) is 0 Å². The number of benzene rings is 3. The standard InChI is InChI=1S/C23H27N3O2/c1-24-23(26-16-17-11-12-21(27-2)22(15-17)28-3)25-14-13-19-9-6-8-18-7-4-5-10-20(18)19/h4-12,15H,13-14,16H2,1-3H3,(H2,24,25,26). The number of nitrogens with zero attached hydrogens (tertiary/aromatic N) is 1. The molecule has 0 amide bonds. The maximum Gasteiger partial charge on any atom is 0.191 e. The predicted octanol–water partition coefficient (Wildman–Crippen LogP) is 3.76. The van der Waals surface area contributed by atoms with Crippen LogP contribution in [0.3, 0.4) is 0 Å². The van der Waals surface area contributed by atoms with Crippen molar-refractivity contribution in [1.82, 2.24) is 10.6 Å². The third-order valence-corrected chi connectivity index (χ3v) is 4.70. The van der Waals surface area contributed by atoms with Crippen LogP contribution in [-0.4, -0.2) is 33.8 Å². The zero-order chi connectivity index (χ0) is 19.8.